The van der Waals surface area contributed by atoms with E-state index in [4.69, 9.17) is 4.42 Å². The number of aryl methyl sites for hydroxylation is 1. The molecule has 0 aliphatic carbocycles. The normalized spacial score (nSPS) is 13.2. The van der Waals surface area contributed by atoms with Crippen molar-refractivity contribution in [1.29, 1.82) is 0 Å². The van der Waals surface area contributed by atoms with Crippen LogP contribution >= 0.6 is 11.8 Å². The van der Waals surface area contributed by atoms with Crippen molar-refractivity contribution in [3.8, 4) is 0 Å². The zero-order chi connectivity index (χ0) is 8.97. The van der Waals surface area contributed by atoms with Crippen LogP contribution in [0.15, 0.2) is 16.7 Å². The molecule has 0 aromatic carbocycles. The van der Waals surface area contributed by atoms with E-state index in [2.05, 4.69) is 26.5 Å². The highest BCUT2D eigenvalue weighted by molar-refractivity contribution is 7.99. The van der Waals surface area contributed by atoms with Crippen molar-refractivity contribution in [3.05, 3.63) is 30.1 Å². The number of furan rings is 1. The minimum atomic E-state index is 0.529. The smallest absolute Gasteiger partial charge is 0.111 e. The maximum atomic E-state index is 5.36. The Labute approximate surface area is 78.5 Å². The molecule has 0 fully saturated rings. The van der Waals surface area contributed by atoms with E-state index < -0.39 is 0 Å². The average Bonchev–Trinajstić information content (AvgIpc) is 2.51. The highest BCUT2D eigenvalue weighted by Gasteiger charge is 2.08. The third kappa shape index (κ3) is 2.31. The summed E-state index contributed by atoms with van der Waals surface area (Å²) in [5, 5.41) is 0.529. The van der Waals surface area contributed by atoms with Crippen LogP contribution in [0.4, 0.5) is 0 Å². The summed E-state index contributed by atoms with van der Waals surface area (Å²) in [4.78, 5) is 0. The predicted octanol–water partition coefficient (Wildman–Crippen LogP) is 3.15. The number of thioether (sulfide) groups is 1. The van der Waals surface area contributed by atoms with Gasteiger partial charge in [0, 0.05) is 11.7 Å². The number of rotatable bonds is 4. The van der Waals surface area contributed by atoms with Gasteiger partial charge >= 0.3 is 0 Å². The quantitative estimate of drug-likeness (QED) is 0.711. The Morgan fingerprint density at radius 1 is 1.67 bits per heavy atom. The molecule has 1 heterocycles. The average molecular weight is 183 g/mol. The molecule has 1 aromatic rings. The van der Waals surface area contributed by atoms with E-state index in [9.17, 15) is 0 Å². The first-order valence-corrected chi connectivity index (χ1v) is 5.50. The van der Waals surface area contributed by atoms with Gasteiger partial charge < -0.3 is 4.42 Å². The van der Waals surface area contributed by atoms with Crippen molar-refractivity contribution in [3.63, 3.8) is 0 Å². The summed E-state index contributed by atoms with van der Waals surface area (Å²) < 4.78 is 5.36. The lowest BCUT2D eigenvalue weighted by molar-refractivity contribution is 0.533. The van der Waals surface area contributed by atoms with Gasteiger partial charge in [-0.25, -0.2) is 0 Å². The third-order valence-electron chi connectivity index (χ3n) is 1.92. The molecule has 1 nitrogen and oxygen atoms in total. The highest BCUT2D eigenvalue weighted by Crippen LogP contribution is 2.19. The minimum absolute atomic E-state index is 0.529. The summed E-state index contributed by atoms with van der Waals surface area (Å²) in [5.41, 5.74) is 1.30. The summed E-state index contributed by atoms with van der Waals surface area (Å²) >= 11 is 1.83. The number of hydrogen-bond acceptors (Lipinski definition) is 2. The van der Waals surface area contributed by atoms with Gasteiger partial charge in [0.15, 0.2) is 0 Å². The van der Waals surface area contributed by atoms with Crippen molar-refractivity contribution >= 4 is 11.8 Å². The van der Waals surface area contributed by atoms with Crippen molar-refractivity contribution in [1.82, 2.24) is 0 Å². The SMILES string of the molecule is CCc1ccoc1[CH]C(C)SC. The Morgan fingerprint density at radius 3 is 3.00 bits per heavy atom. The fourth-order valence-electron chi connectivity index (χ4n) is 1.07. The zero-order valence-electron chi connectivity index (χ0n) is 7.83. The Morgan fingerprint density at radius 2 is 2.42 bits per heavy atom. The van der Waals surface area contributed by atoms with Gasteiger partial charge in [-0.1, -0.05) is 13.8 Å². The fourth-order valence-corrected chi connectivity index (χ4v) is 1.33. The molecule has 1 rings (SSSR count). The molecule has 1 radical (unpaired) electrons. The van der Waals surface area contributed by atoms with E-state index in [0.29, 0.717) is 5.25 Å². The topological polar surface area (TPSA) is 13.1 Å². The van der Waals surface area contributed by atoms with E-state index in [1.54, 1.807) is 6.26 Å². The molecule has 2 heteroatoms. The Hall–Kier alpha value is -0.370. The molecular weight excluding hydrogens is 168 g/mol. The molecule has 0 spiro atoms. The van der Waals surface area contributed by atoms with E-state index in [0.717, 1.165) is 12.2 Å². The van der Waals surface area contributed by atoms with Gasteiger partial charge in [-0.15, -0.1) is 0 Å². The summed E-state index contributed by atoms with van der Waals surface area (Å²) in [5.74, 6) is 1.04. The third-order valence-corrected chi connectivity index (χ3v) is 2.80. The first-order chi connectivity index (χ1) is 5.77. The molecule has 0 amide bonds. The van der Waals surface area contributed by atoms with Crippen LogP contribution in [-0.4, -0.2) is 11.5 Å². The standard InChI is InChI=1S/C10H15OS/c1-4-9-5-6-11-10(9)7-8(2)12-3/h5-8H,4H2,1-3H3. The zero-order valence-corrected chi connectivity index (χ0v) is 8.65. The first-order valence-electron chi connectivity index (χ1n) is 4.22. The minimum Gasteiger partial charge on any atom is -0.469 e. The van der Waals surface area contributed by atoms with Gasteiger partial charge in [0.25, 0.3) is 0 Å². The molecule has 0 N–H and O–H groups in total. The van der Waals surface area contributed by atoms with Crippen LogP contribution in [0.1, 0.15) is 25.2 Å². The van der Waals surface area contributed by atoms with E-state index in [-0.39, 0.29) is 0 Å². The molecule has 0 aliphatic heterocycles. The molecule has 67 valence electrons. The second kappa shape index (κ2) is 4.61. The Bertz CT molecular complexity index is 229. The van der Waals surface area contributed by atoms with E-state index >= 15 is 0 Å². The molecule has 0 aliphatic rings. The number of hydrogen-bond donors (Lipinski definition) is 0. The van der Waals surface area contributed by atoms with Crippen LogP contribution < -0.4 is 0 Å². The highest BCUT2D eigenvalue weighted by atomic mass is 32.2. The lowest BCUT2D eigenvalue weighted by Gasteiger charge is -2.05. The largest absolute Gasteiger partial charge is 0.469 e. The van der Waals surface area contributed by atoms with E-state index in [1.807, 2.05) is 17.8 Å². The molecule has 0 saturated heterocycles. The molecular formula is C10H15OS. The molecule has 12 heavy (non-hydrogen) atoms. The van der Waals surface area contributed by atoms with Crippen LogP contribution in [0.3, 0.4) is 0 Å². The summed E-state index contributed by atoms with van der Waals surface area (Å²) in [6.07, 6.45) is 7.08. The van der Waals surface area contributed by atoms with Gasteiger partial charge in [-0.3, -0.25) is 0 Å². The molecule has 1 atom stereocenters. The van der Waals surface area contributed by atoms with Gasteiger partial charge in [0.2, 0.25) is 0 Å². The maximum absolute atomic E-state index is 5.36. The molecule has 0 saturated carbocycles. The van der Waals surface area contributed by atoms with Crippen LogP contribution in [-0.2, 0) is 6.42 Å². The molecule has 1 aromatic heterocycles. The van der Waals surface area contributed by atoms with Crippen molar-refractivity contribution < 1.29 is 4.42 Å². The van der Waals surface area contributed by atoms with Gasteiger partial charge in [-0.05, 0) is 24.3 Å². The second-order valence-electron chi connectivity index (χ2n) is 2.77. The van der Waals surface area contributed by atoms with Crippen LogP contribution in [0.25, 0.3) is 0 Å². The summed E-state index contributed by atoms with van der Waals surface area (Å²) in [6, 6.07) is 2.04. The molecule has 0 bridgehead atoms. The Balaban J connectivity index is 2.61. The van der Waals surface area contributed by atoms with Crippen molar-refractivity contribution in [2.75, 3.05) is 6.26 Å². The van der Waals surface area contributed by atoms with Crippen LogP contribution in [0.5, 0.6) is 0 Å². The van der Waals surface area contributed by atoms with Gasteiger partial charge in [-0.2, -0.15) is 11.8 Å². The monoisotopic (exact) mass is 183 g/mol. The predicted molar refractivity (Wildman–Crippen MR) is 54.5 cm³/mol. The van der Waals surface area contributed by atoms with Crippen LogP contribution in [0.2, 0.25) is 0 Å². The van der Waals surface area contributed by atoms with E-state index in [1.165, 1.54) is 5.56 Å². The van der Waals surface area contributed by atoms with Crippen molar-refractivity contribution in [2.45, 2.75) is 25.5 Å². The summed E-state index contributed by atoms with van der Waals surface area (Å²) in [7, 11) is 0. The summed E-state index contributed by atoms with van der Waals surface area (Å²) in [6.45, 7) is 4.32. The lowest BCUT2D eigenvalue weighted by Crippen LogP contribution is -1.98. The van der Waals surface area contributed by atoms with Crippen LogP contribution in [0, 0.1) is 6.42 Å². The lowest BCUT2D eigenvalue weighted by atomic mass is 10.1. The van der Waals surface area contributed by atoms with Gasteiger partial charge in [0.1, 0.15) is 5.76 Å². The molecule has 1 unspecified atom stereocenters. The fraction of sp³-hybridized carbons (Fsp3) is 0.500. The van der Waals surface area contributed by atoms with Gasteiger partial charge in [0.05, 0.1) is 6.26 Å². The maximum Gasteiger partial charge on any atom is 0.111 e. The van der Waals surface area contributed by atoms with Crippen molar-refractivity contribution in [2.24, 2.45) is 0 Å². The Kier molecular flexibility index (Phi) is 3.73. The first kappa shape index (κ1) is 9.72. The second-order valence-corrected chi connectivity index (χ2v) is 3.99.